The number of anilines is 1. The van der Waals surface area contributed by atoms with Gasteiger partial charge in [0.2, 0.25) is 10.0 Å². The van der Waals surface area contributed by atoms with Crippen LogP contribution in [-0.2, 0) is 26.0 Å². The first-order chi connectivity index (χ1) is 17.4. The van der Waals surface area contributed by atoms with Gasteiger partial charge >= 0.3 is 5.97 Å². The second kappa shape index (κ2) is 11.6. The molecule has 0 aliphatic rings. The van der Waals surface area contributed by atoms with E-state index in [0.29, 0.717) is 17.9 Å². The van der Waals surface area contributed by atoms with E-state index in [1.54, 1.807) is 42.1 Å². The number of carbonyl (C=O) groups excluding carboxylic acids is 1. The minimum absolute atomic E-state index is 0.0503. The number of aromatic nitrogens is 4. The molecule has 0 amide bonds. The highest BCUT2D eigenvalue weighted by Crippen LogP contribution is 2.22. The molecule has 36 heavy (non-hydrogen) atoms. The molecular weight excluding hydrogens is 480 g/mol. The van der Waals surface area contributed by atoms with E-state index in [2.05, 4.69) is 25.1 Å². The molecule has 0 aliphatic heterocycles. The van der Waals surface area contributed by atoms with Crippen LogP contribution in [0, 0.1) is 0 Å². The Morgan fingerprint density at radius 2 is 1.89 bits per heavy atom. The number of ether oxygens (including phenoxy) is 1. The predicted octanol–water partition coefficient (Wildman–Crippen LogP) is 2.90. The van der Waals surface area contributed by atoms with Crippen molar-refractivity contribution in [3.8, 4) is 5.69 Å². The fraction of sp³-hybridized carbons (Fsp3) is 0.200. The number of rotatable bonds is 11. The van der Waals surface area contributed by atoms with Gasteiger partial charge in [0.05, 0.1) is 24.0 Å². The lowest BCUT2D eigenvalue weighted by molar-refractivity contribution is -0.140. The molecule has 3 heterocycles. The maximum atomic E-state index is 13.1. The molecule has 1 unspecified atom stereocenters. The second-order valence-corrected chi connectivity index (χ2v) is 9.50. The van der Waals surface area contributed by atoms with Crippen molar-refractivity contribution in [2.24, 2.45) is 0 Å². The molecule has 11 heteroatoms. The van der Waals surface area contributed by atoms with Crippen molar-refractivity contribution >= 4 is 21.8 Å². The number of nitrogens with one attached hydrogen (secondary N) is 2. The van der Waals surface area contributed by atoms with Crippen LogP contribution in [-0.4, -0.2) is 47.3 Å². The highest BCUT2D eigenvalue weighted by molar-refractivity contribution is 7.89. The lowest BCUT2D eigenvalue weighted by Crippen LogP contribution is -2.31. The molecule has 10 nitrogen and oxygen atoms in total. The van der Waals surface area contributed by atoms with Crippen LogP contribution in [0.5, 0.6) is 0 Å². The Morgan fingerprint density at radius 3 is 2.58 bits per heavy atom. The number of hydrogen-bond donors (Lipinski definition) is 2. The van der Waals surface area contributed by atoms with Crippen LogP contribution >= 0.6 is 0 Å². The summed E-state index contributed by atoms with van der Waals surface area (Å²) in [4.78, 5) is 20.3. The minimum atomic E-state index is -3.88. The largest absolute Gasteiger partial charge is 0.465 e. The first kappa shape index (κ1) is 25.0. The first-order valence-electron chi connectivity index (χ1n) is 11.3. The van der Waals surface area contributed by atoms with E-state index in [9.17, 15) is 13.2 Å². The molecule has 4 aromatic rings. The molecule has 0 aliphatic carbocycles. The maximum absolute atomic E-state index is 13.1. The highest BCUT2D eigenvalue weighted by Gasteiger charge is 2.23. The number of hydrogen-bond acceptors (Lipinski definition) is 8. The third kappa shape index (κ3) is 6.52. The second-order valence-electron chi connectivity index (χ2n) is 7.79. The summed E-state index contributed by atoms with van der Waals surface area (Å²) >= 11 is 0. The Bertz CT molecular complexity index is 1380. The summed E-state index contributed by atoms with van der Waals surface area (Å²) in [6, 6.07) is 17.1. The molecular formula is C25H26N6O4S. The van der Waals surface area contributed by atoms with Crippen molar-refractivity contribution in [3.63, 3.8) is 0 Å². The van der Waals surface area contributed by atoms with Gasteiger partial charge in [-0.25, -0.2) is 22.8 Å². The zero-order valence-electron chi connectivity index (χ0n) is 19.6. The fourth-order valence-electron chi connectivity index (χ4n) is 3.53. The molecule has 0 radical (unpaired) electrons. The molecule has 4 rings (SSSR count). The smallest absolute Gasteiger partial charge is 0.325 e. The zero-order valence-corrected chi connectivity index (χ0v) is 20.4. The number of carbonyl (C=O) groups is 1. The lowest BCUT2D eigenvalue weighted by Gasteiger charge is -2.20. The van der Waals surface area contributed by atoms with E-state index in [-0.39, 0.29) is 18.0 Å². The molecule has 0 bridgehead atoms. The third-order valence-corrected chi connectivity index (χ3v) is 6.69. The summed E-state index contributed by atoms with van der Waals surface area (Å²) in [6.45, 7) is 1.97. The van der Waals surface area contributed by atoms with Gasteiger partial charge in [-0.1, -0.05) is 18.2 Å². The summed E-state index contributed by atoms with van der Waals surface area (Å²) in [5, 5.41) is 7.15. The van der Waals surface area contributed by atoms with Gasteiger partial charge in [-0.05, 0) is 61.4 Å². The number of sulfonamides is 1. The van der Waals surface area contributed by atoms with Gasteiger partial charge in [0.1, 0.15) is 17.3 Å². The van der Waals surface area contributed by atoms with Gasteiger partial charge in [-0.3, -0.25) is 9.78 Å². The topological polar surface area (TPSA) is 128 Å². The molecule has 186 valence electrons. The van der Waals surface area contributed by atoms with Crippen LogP contribution in [0.15, 0.2) is 90.3 Å². The van der Waals surface area contributed by atoms with E-state index in [1.165, 1.54) is 18.5 Å². The van der Waals surface area contributed by atoms with Crippen molar-refractivity contribution in [1.29, 1.82) is 0 Å². The first-order valence-corrected chi connectivity index (χ1v) is 12.8. The average Bonchev–Trinajstić information content (AvgIpc) is 3.43. The van der Waals surface area contributed by atoms with Gasteiger partial charge < -0.3 is 10.1 Å². The summed E-state index contributed by atoms with van der Waals surface area (Å²) < 4.78 is 35.7. The van der Waals surface area contributed by atoms with Crippen LogP contribution in [0.1, 0.15) is 24.2 Å². The highest BCUT2D eigenvalue weighted by atomic mass is 32.2. The predicted molar refractivity (Wildman–Crippen MR) is 134 cm³/mol. The molecule has 0 spiro atoms. The minimum Gasteiger partial charge on any atom is -0.465 e. The van der Waals surface area contributed by atoms with E-state index in [1.807, 2.05) is 36.5 Å². The Kier molecular flexibility index (Phi) is 8.03. The summed E-state index contributed by atoms with van der Waals surface area (Å²) in [5.74, 6) is 0.0240. The monoisotopic (exact) mass is 506 g/mol. The molecule has 0 saturated carbocycles. The van der Waals surface area contributed by atoms with Crippen LogP contribution in [0.2, 0.25) is 0 Å². The van der Waals surface area contributed by atoms with Crippen LogP contribution in [0.3, 0.4) is 0 Å². The van der Waals surface area contributed by atoms with E-state index < -0.39 is 22.0 Å². The van der Waals surface area contributed by atoms with E-state index in [0.717, 1.165) is 11.3 Å². The molecule has 1 atom stereocenters. The Hall–Kier alpha value is -4.09. The van der Waals surface area contributed by atoms with Crippen molar-refractivity contribution in [2.45, 2.75) is 24.3 Å². The fourth-order valence-corrected chi connectivity index (χ4v) is 4.70. The van der Waals surface area contributed by atoms with E-state index in [4.69, 9.17) is 4.74 Å². The normalized spacial score (nSPS) is 12.1. The summed E-state index contributed by atoms with van der Waals surface area (Å²) in [7, 11) is -3.88. The van der Waals surface area contributed by atoms with Gasteiger partial charge in [0.15, 0.2) is 0 Å². The average molecular weight is 507 g/mol. The SMILES string of the molecule is CCOC(=O)CNc1cccc(C(Cc2ccc(-n3cccn3)cc2)NS(=O)(=O)c2cccnc2)n1. The quantitative estimate of drug-likeness (QED) is 0.297. The standard InChI is InChI=1S/C25H26N6O4S/c1-2-35-25(32)18-27-24-8-3-7-22(29-24)23(30-36(33,34)21-6-4-13-26-17-21)16-19-9-11-20(12-10-19)31-15-5-14-28-31/h3-15,17,23,30H,2,16,18H2,1H3,(H,27,29). The molecule has 0 fully saturated rings. The Balaban J connectivity index is 1.59. The number of benzene rings is 1. The molecule has 2 N–H and O–H groups in total. The maximum Gasteiger partial charge on any atom is 0.325 e. The van der Waals surface area contributed by atoms with Gasteiger partial charge in [-0.2, -0.15) is 5.10 Å². The molecule has 3 aromatic heterocycles. The lowest BCUT2D eigenvalue weighted by atomic mass is 10.0. The summed E-state index contributed by atoms with van der Waals surface area (Å²) in [6.07, 6.45) is 6.69. The van der Waals surface area contributed by atoms with Crippen molar-refractivity contribution in [3.05, 3.63) is 96.7 Å². The van der Waals surface area contributed by atoms with Crippen molar-refractivity contribution in [2.75, 3.05) is 18.5 Å². The number of pyridine rings is 2. The zero-order chi connectivity index (χ0) is 25.4. The van der Waals surface area contributed by atoms with Gasteiger partial charge in [0, 0.05) is 24.8 Å². The summed E-state index contributed by atoms with van der Waals surface area (Å²) in [5.41, 5.74) is 2.28. The van der Waals surface area contributed by atoms with Gasteiger partial charge in [-0.15, -0.1) is 0 Å². The number of esters is 1. The van der Waals surface area contributed by atoms with Crippen LogP contribution in [0.4, 0.5) is 5.82 Å². The number of nitrogens with zero attached hydrogens (tertiary/aromatic N) is 4. The Labute approximate surface area is 209 Å². The van der Waals surface area contributed by atoms with Gasteiger partial charge in [0.25, 0.3) is 0 Å². The van der Waals surface area contributed by atoms with Crippen molar-refractivity contribution in [1.82, 2.24) is 24.5 Å². The van der Waals surface area contributed by atoms with E-state index >= 15 is 0 Å². The third-order valence-electron chi connectivity index (χ3n) is 5.23. The van der Waals surface area contributed by atoms with Crippen LogP contribution < -0.4 is 10.0 Å². The molecule has 1 aromatic carbocycles. The van der Waals surface area contributed by atoms with Crippen LogP contribution in [0.25, 0.3) is 5.69 Å². The molecule has 0 saturated heterocycles. The van der Waals surface area contributed by atoms with Crippen molar-refractivity contribution < 1.29 is 17.9 Å². The Morgan fingerprint density at radius 1 is 1.06 bits per heavy atom.